The van der Waals surface area contributed by atoms with Crippen LogP contribution >= 0.6 is 0 Å². The summed E-state index contributed by atoms with van der Waals surface area (Å²) in [5, 5.41) is 0. The van der Waals surface area contributed by atoms with Gasteiger partial charge in [0, 0.05) is 0 Å². The summed E-state index contributed by atoms with van der Waals surface area (Å²) in [6.45, 7) is 7.77. The number of imidazole rings is 1. The molecule has 0 unspecified atom stereocenters. The highest BCUT2D eigenvalue weighted by molar-refractivity contribution is 4.69. The summed E-state index contributed by atoms with van der Waals surface area (Å²) in [6, 6.07) is 0.577. The summed E-state index contributed by atoms with van der Waals surface area (Å²) in [5.74, 6) is 0. The molecule has 0 N–H and O–H groups in total. The molecule has 0 aromatic carbocycles. The number of unbranched alkanes of at least 4 members (excludes halogenated alkanes) is 1. The summed E-state index contributed by atoms with van der Waals surface area (Å²) in [4.78, 5) is 0. The molecule has 0 atom stereocenters. The van der Waals surface area contributed by atoms with E-state index >= 15 is 0 Å². The maximum absolute atomic E-state index is 2.25. The lowest BCUT2D eigenvalue weighted by Crippen LogP contribution is -2.30. The first-order valence-electron chi connectivity index (χ1n) is 4.80. The zero-order chi connectivity index (χ0) is 8.97. The molecule has 0 bridgehead atoms. The van der Waals surface area contributed by atoms with E-state index in [1.807, 2.05) is 0 Å². The Kier molecular flexibility index (Phi) is 3.32. The van der Waals surface area contributed by atoms with Gasteiger partial charge in [-0.2, -0.15) is 0 Å². The molecule has 68 valence electrons. The minimum atomic E-state index is 0.577. The summed E-state index contributed by atoms with van der Waals surface area (Å²) < 4.78 is 4.49. The van der Waals surface area contributed by atoms with E-state index in [4.69, 9.17) is 0 Å². The van der Waals surface area contributed by atoms with Crippen LogP contribution < -0.4 is 4.57 Å². The predicted molar refractivity (Wildman–Crippen MR) is 49.9 cm³/mol. The molecule has 0 aliphatic carbocycles. The second-order valence-electron chi connectivity index (χ2n) is 3.55. The van der Waals surface area contributed by atoms with E-state index in [0.29, 0.717) is 6.04 Å². The molecule has 0 fully saturated rings. The number of rotatable bonds is 4. The summed E-state index contributed by atoms with van der Waals surface area (Å²) >= 11 is 0. The molecular formula is C10H19N2+. The van der Waals surface area contributed by atoms with Crippen LogP contribution in [0.4, 0.5) is 0 Å². The van der Waals surface area contributed by atoms with Crippen molar-refractivity contribution in [2.24, 2.45) is 0 Å². The quantitative estimate of drug-likeness (QED) is 0.608. The van der Waals surface area contributed by atoms with Gasteiger partial charge in [0.05, 0.1) is 12.6 Å². The van der Waals surface area contributed by atoms with Crippen molar-refractivity contribution in [2.45, 2.75) is 46.2 Å². The van der Waals surface area contributed by atoms with Crippen LogP contribution in [0.25, 0.3) is 0 Å². The fraction of sp³-hybridized carbons (Fsp3) is 0.700. The van der Waals surface area contributed by atoms with Gasteiger partial charge in [-0.05, 0) is 20.3 Å². The van der Waals surface area contributed by atoms with Crippen molar-refractivity contribution in [2.75, 3.05) is 0 Å². The Morgan fingerprint density at radius 2 is 2.17 bits per heavy atom. The molecule has 12 heavy (non-hydrogen) atoms. The van der Waals surface area contributed by atoms with Gasteiger partial charge in [0.25, 0.3) is 0 Å². The van der Waals surface area contributed by atoms with Gasteiger partial charge in [-0.3, -0.25) is 0 Å². The van der Waals surface area contributed by atoms with Crippen LogP contribution in [-0.4, -0.2) is 4.57 Å². The fourth-order valence-electron chi connectivity index (χ4n) is 1.19. The van der Waals surface area contributed by atoms with Crippen LogP contribution in [0.1, 0.15) is 39.7 Å². The maximum Gasteiger partial charge on any atom is 0.243 e. The van der Waals surface area contributed by atoms with Gasteiger partial charge in [0.15, 0.2) is 0 Å². The minimum Gasteiger partial charge on any atom is -0.237 e. The van der Waals surface area contributed by atoms with Gasteiger partial charge in [-0.15, -0.1) is 0 Å². The van der Waals surface area contributed by atoms with Crippen molar-refractivity contribution in [1.29, 1.82) is 0 Å². The first-order chi connectivity index (χ1) is 5.74. The molecule has 0 aliphatic rings. The third-order valence-corrected chi connectivity index (χ3v) is 2.08. The van der Waals surface area contributed by atoms with Crippen molar-refractivity contribution in [1.82, 2.24) is 4.57 Å². The Balaban J connectivity index is 2.52. The van der Waals surface area contributed by atoms with Gasteiger partial charge in [-0.25, -0.2) is 9.13 Å². The molecule has 1 aromatic rings. The lowest BCUT2D eigenvalue weighted by atomic mass is 10.3. The van der Waals surface area contributed by atoms with Crippen LogP contribution in [0.3, 0.4) is 0 Å². The molecule has 2 heteroatoms. The summed E-state index contributed by atoms with van der Waals surface area (Å²) in [6.07, 6.45) is 9.00. The normalized spacial score (nSPS) is 11.0. The van der Waals surface area contributed by atoms with Gasteiger partial charge in [-0.1, -0.05) is 13.3 Å². The van der Waals surface area contributed by atoms with Crippen molar-refractivity contribution >= 4 is 0 Å². The standard InChI is InChI=1S/C10H19N2/c1-4-5-6-11-7-8-12(9-11)10(2)3/h7-10H,4-6H2,1-3H3/q+1. The van der Waals surface area contributed by atoms with Gasteiger partial charge in [0.1, 0.15) is 12.4 Å². The Morgan fingerprint density at radius 1 is 1.42 bits per heavy atom. The number of aryl methyl sites for hydroxylation is 1. The molecule has 2 nitrogen and oxygen atoms in total. The first-order valence-corrected chi connectivity index (χ1v) is 4.80. The van der Waals surface area contributed by atoms with Crippen molar-refractivity contribution in [3.63, 3.8) is 0 Å². The molecule has 0 aliphatic heterocycles. The highest BCUT2D eigenvalue weighted by atomic mass is 15.1. The van der Waals surface area contributed by atoms with E-state index in [9.17, 15) is 0 Å². The summed E-state index contributed by atoms with van der Waals surface area (Å²) in [5.41, 5.74) is 0. The molecule has 0 saturated carbocycles. The monoisotopic (exact) mass is 167 g/mol. The zero-order valence-electron chi connectivity index (χ0n) is 8.33. The average Bonchev–Trinajstić information content (AvgIpc) is 2.48. The Labute approximate surface area is 74.8 Å². The van der Waals surface area contributed by atoms with Crippen LogP contribution in [0.2, 0.25) is 0 Å². The number of hydrogen-bond donors (Lipinski definition) is 0. The van der Waals surface area contributed by atoms with Gasteiger partial charge in [0.2, 0.25) is 6.33 Å². The van der Waals surface area contributed by atoms with E-state index in [1.54, 1.807) is 0 Å². The predicted octanol–water partition coefficient (Wildman–Crippen LogP) is 2.16. The van der Waals surface area contributed by atoms with Gasteiger partial charge >= 0.3 is 0 Å². The van der Waals surface area contributed by atoms with Crippen molar-refractivity contribution < 1.29 is 4.57 Å². The average molecular weight is 167 g/mol. The number of aromatic nitrogens is 2. The highest BCUT2D eigenvalue weighted by Crippen LogP contribution is 2.00. The third kappa shape index (κ3) is 2.36. The minimum absolute atomic E-state index is 0.577. The molecule has 0 radical (unpaired) electrons. The molecule has 0 amide bonds. The smallest absolute Gasteiger partial charge is 0.237 e. The largest absolute Gasteiger partial charge is 0.243 e. The Hall–Kier alpha value is -0.790. The second-order valence-corrected chi connectivity index (χ2v) is 3.55. The van der Waals surface area contributed by atoms with Crippen molar-refractivity contribution in [3.8, 4) is 0 Å². The molecule has 0 spiro atoms. The fourth-order valence-corrected chi connectivity index (χ4v) is 1.19. The van der Waals surface area contributed by atoms with E-state index in [0.717, 1.165) is 6.54 Å². The molecule has 1 aromatic heterocycles. The van der Waals surface area contributed by atoms with Crippen LogP contribution in [0, 0.1) is 0 Å². The molecule has 1 rings (SSSR count). The van der Waals surface area contributed by atoms with Crippen LogP contribution in [-0.2, 0) is 6.54 Å². The van der Waals surface area contributed by atoms with Gasteiger partial charge < -0.3 is 0 Å². The molecule has 1 heterocycles. The van der Waals surface area contributed by atoms with E-state index in [2.05, 4.69) is 48.6 Å². The maximum atomic E-state index is 2.25. The van der Waals surface area contributed by atoms with Crippen LogP contribution in [0.5, 0.6) is 0 Å². The zero-order valence-corrected chi connectivity index (χ0v) is 8.33. The molecular weight excluding hydrogens is 148 g/mol. The lowest BCUT2D eigenvalue weighted by Gasteiger charge is -1.97. The van der Waals surface area contributed by atoms with E-state index in [-0.39, 0.29) is 0 Å². The SMILES string of the molecule is CCCC[n+]1ccn(C(C)C)c1. The highest BCUT2D eigenvalue weighted by Gasteiger charge is 2.05. The first kappa shape index (κ1) is 9.30. The molecule has 0 saturated heterocycles. The van der Waals surface area contributed by atoms with Crippen molar-refractivity contribution in [3.05, 3.63) is 18.7 Å². The second kappa shape index (κ2) is 4.29. The van der Waals surface area contributed by atoms with E-state index < -0.39 is 0 Å². The topological polar surface area (TPSA) is 8.81 Å². The van der Waals surface area contributed by atoms with Crippen LogP contribution in [0.15, 0.2) is 18.7 Å². The third-order valence-electron chi connectivity index (χ3n) is 2.08. The Morgan fingerprint density at radius 3 is 2.67 bits per heavy atom. The summed E-state index contributed by atoms with van der Waals surface area (Å²) in [7, 11) is 0. The van der Waals surface area contributed by atoms with E-state index in [1.165, 1.54) is 12.8 Å². The Bertz CT molecular complexity index is 225. The lowest BCUT2D eigenvalue weighted by molar-refractivity contribution is -0.696. The number of hydrogen-bond acceptors (Lipinski definition) is 0. The number of nitrogens with zero attached hydrogens (tertiary/aromatic N) is 2.